The Morgan fingerprint density at radius 3 is 1.94 bits per heavy atom. The van der Waals surface area contributed by atoms with Crippen molar-refractivity contribution in [2.45, 2.75) is 192 Å². The van der Waals surface area contributed by atoms with Crippen LogP contribution in [0.1, 0.15) is 163 Å². The minimum atomic E-state index is -4.97. The van der Waals surface area contributed by atoms with Crippen molar-refractivity contribution >= 4 is 146 Å². The maximum absolute atomic E-state index is 15.2. The average molecular weight is 2010 g/mol. The fraction of sp³-hybridized carbons (Fsp3) is 0.355. The third-order valence-electron chi connectivity index (χ3n) is 28.7. The molecule has 29 nitrogen and oxygen atoms in total. The van der Waals surface area contributed by atoms with Crippen LogP contribution >= 0.6 is 0 Å². The number of carbonyl (C=O) groups excluding carboxylic acids is 5. The second kappa shape index (κ2) is 40.6. The fourth-order valence-corrected chi connectivity index (χ4v) is 26.1. The third kappa shape index (κ3) is 20.7. The SMILES string of the molecule is CC[C@H](NC(=O)[C@H](CC1CCCCC1)NC(=O)c1ccc(CCNC(=O)C2CCN(S(=O)(=O)c3ccccc3-c3c4cc/c(=[N+]5/CCc6ccccc65)cc-4oc4cc(N5CCc6ccccc65)ccc34)CC2)cc1)C(=O)NCCNC(=O)CCCCCN1\C(=C/C=C/C=C/C2=[N+](CC)c3ccc4c(S(=O)(=O)O)cc(S(=O)(=O)O)cc4c3C2(C)C)C(C)(C)c2c1ccc1c(S(=O)(=O)O)cc(S(C)(=O)=O)cc21. The van der Waals surface area contributed by atoms with Crippen LogP contribution in [0.25, 0.3) is 55.0 Å². The third-order valence-corrected chi connectivity index (χ3v) is 34.4. The lowest BCUT2D eigenvalue weighted by Crippen LogP contribution is -2.54. The van der Waals surface area contributed by atoms with E-state index in [4.69, 9.17) is 4.42 Å². The smallest absolute Gasteiger partial charge is 0.295 e. The number of benzene rings is 10. The van der Waals surface area contributed by atoms with E-state index in [0.29, 0.717) is 121 Å². The minimum Gasteiger partial charge on any atom is -0.456 e. The highest BCUT2D eigenvalue weighted by atomic mass is 32.2. The molecule has 1 saturated carbocycles. The van der Waals surface area contributed by atoms with Gasteiger partial charge in [0, 0.05) is 179 Å². The van der Waals surface area contributed by atoms with Crippen LogP contribution in [0.15, 0.2) is 247 Å². The molecule has 8 N–H and O–H groups in total. The lowest BCUT2D eigenvalue weighted by atomic mass is 9.79. The van der Waals surface area contributed by atoms with Gasteiger partial charge in [-0.25, -0.2) is 16.8 Å². The maximum atomic E-state index is 15.2. The Kier molecular flexibility index (Phi) is 28.8. The van der Waals surface area contributed by atoms with Gasteiger partial charge in [-0.1, -0.05) is 150 Å². The Labute approximate surface area is 822 Å². The van der Waals surface area contributed by atoms with Crippen LogP contribution < -0.4 is 46.3 Å². The Bertz CT molecular complexity index is 7670. The van der Waals surface area contributed by atoms with Gasteiger partial charge >= 0.3 is 0 Å². The lowest BCUT2D eigenvalue weighted by Gasteiger charge is -2.31. The van der Waals surface area contributed by atoms with Gasteiger partial charge < -0.3 is 40.8 Å². The van der Waals surface area contributed by atoms with E-state index >= 15 is 8.42 Å². The molecule has 2 aliphatic carbocycles. The molecule has 738 valence electrons. The number of carbonyl (C=O) groups is 5. The molecule has 0 spiro atoms. The van der Waals surface area contributed by atoms with E-state index in [-0.39, 0.29) is 82.7 Å². The first-order chi connectivity index (χ1) is 67.2. The first-order valence-electron chi connectivity index (χ1n) is 48.2. The van der Waals surface area contributed by atoms with Gasteiger partial charge in [0.15, 0.2) is 22.1 Å². The van der Waals surface area contributed by atoms with Crippen LogP contribution in [-0.4, -0.2) is 177 Å². The van der Waals surface area contributed by atoms with Crippen molar-refractivity contribution in [3.8, 4) is 22.5 Å². The van der Waals surface area contributed by atoms with E-state index in [2.05, 4.69) is 102 Å². The highest BCUT2D eigenvalue weighted by Crippen LogP contribution is 2.54. The number of piperidine rings is 1. The van der Waals surface area contributed by atoms with Crippen LogP contribution in [0, 0.1) is 11.8 Å². The quantitative estimate of drug-likeness (QED) is 0.00622. The van der Waals surface area contributed by atoms with E-state index in [1.807, 2.05) is 87.7 Å². The van der Waals surface area contributed by atoms with Gasteiger partial charge in [0.2, 0.25) is 50.4 Å². The largest absolute Gasteiger partial charge is 0.456 e. The molecule has 17 rings (SSSR count). The van der Waals surface area contributed by atoms with Crippen molar-refractivity contribution in [3.63, 3.8) is 0 Å². The van der Waals surface area contributed by atoms with Gasteiger partial charge in [-0.15, -0.1) is 0 Å². The number of sulfonamides is 1. The molecular weight excluding hydrogens is 1890 g/mol. The number of nitrogens with zero attached hydrogens (tertiary/aromatic N) is 5. The highest BCUT2D eigenvalue weighted by molar-refractivity contribution is 7.91. The van der Waals surface area contributed by atoms with E-state index < -0.39 is 111 Å². The van der Waals surface area contributed by atoms with Gasteiger partial charge in [-0.05, 0) is 190 Å². The standard InChI is InChI=1S/C107H116N10O19S5/c1-8-85(104(121)110-55-54-108-98(118)35-17-12-24-56-117-90-47-45-78-83(64-76(137(7,123)124)66-94(78)140(130,131)132)101(90)107(5,6)97(117)34-16-11-15-33-96-106(3,4)100-84-65-77(139(127,128)129)67-95(141(133,134)135)79(84)44-46-89(100)114(96)9-2)111-105(122)86(61-69-25-13-10-14-26-69)112-103(120)72-38-36-68(37-39-72)48-53-109-102(119)73-49-57-113(58-50-73)138(125,126)93-32-23-20-29-82(93)99-80-42-40-74(115-59-51-70-27-18-21-30-87(70)115)62-91(80)136-92-63-75(41-43-81(92)99)116-60-52-71-28-19-22-31-88(71)116/h11,15-16,18-23,27-34,36-47,62-67,69,73,85-86H,8-10,12-14,17,24-26,35,48-61H2,1-7H3,(H6-2,108,109,110,111,112,118,119,120,121,122,127,128,129,130,131,132,133,134,135)/p+2/t85-,86-/m0/s1. The Morgan fingerprint density at radius 2 is 1.23 bits per heavy atom. The molecule has 0 radical (unpaired) electrons. The van der Waals surface area contributed by atoms with Gasteiger partial charge in [0.1, 0.15) is 39.8 Å². The lowest BCUT2D eigenvalue weighted by molar-refractivity contribution is -0.433. The maximum Gasteiger partial charge on any atom is 0.295 e. The van der Waals surface area contributed by atoms with E-state index in [1.54, 1.807) is 73.7 Å². The number of nitrogens with one attached hydrogen (secondary N) is 5. The number of hydrogen-bond donors (Lipinski definition) is 8. The summed E-state index contributed by atoms with van der Waals surface area (Å²) in [6.07, 6.45) is 20.1. The van der Waals surface area contributed by atoms with Crippen molar-refractivity contribution < 1.29 is 88.7 Å². The molecule has 9 aromatic carbocycles. The molecule has 141 heavy (non-hydrogen) atoms. The summed E-state index contributed by atoms with van der Waals surface area (Å²) in [6, 6.07) is 52.1. The van der Waals surface area contributed by atoms with Crippen LogP contribution in [0.5, 0.6) is 0 Å². The molecule has 0 aromatic heterocycles. The summed E-state index contributed by atoms with van der Waals surface area (Å²) in [4.78, 5) is 71.9. The highest BCUT2D eigenvalue weighted by Gasteiger charge is 2.47. The van der Waals surface area contributed by atoms with E-state index in [1.165, 1.54) is 39.7 Å². The zero-order valence-electron chi connectivity index (χ0n) is 79.8. The summed E-state index contributed by atoms with van der Waals surface area (Å²) in [5.74, 6) is -1.52. The molecule has 9 aromatic rings. The fourth-order valence-electron chi connectivity index (χ4n) is 21.6. The number of para-hydroxylation sites is 2. The van der Waals surface area contributed by atoms with E-state index in [0.717, 1.165) is 126 Å². The molecule has 2 atom stereocenters. The molecular formula is C107H118N10O19S5+2. The summed E-state index contributed by atoms with van der Waals surface area (Å²) >= 11 is 0. The minimum absolute atomic E-state index is 0.0485. The molecule has 5 amide bonds. The first-order valence-corrected chi connectivity index (χ1v) is 55.9. The number of anilines is 3. The van der Waals surface area contributed by atoms with Gasteiger partial charge in [0.25, 0.3) is 36.3 Å². The number of unbranched alkanes of at least 4 members (excludes halogenated alkanes) is 2. The summed E-state index contributed by atoms with van der Waals surface area (Å²) in [6.45, 7) is 14.4. The van der Waals surface area contributed by atoms with Gasteiger partial charge in [-0.2, -0.15) is 38.7 Å². The second-order valence-electron chi connectivity index (χ2n) is 38.5. The number of fused-ring (bicyclic) bond motifs is 10. The van der Waals surface area contributed by atoms with Crippen molar-refractivity contribution in [1.29, 1.82) is 0 Å². The molecule has 2 fully saturated rings. The second-order valence-corrected chi connectivity index (χ2v) is 46.6. The Balaban J connectivity index is 0.489. The van der Waals surface area contributed by atoms with Crippen molar-refractivity contribution in [3.05, 3.63) is 257 Å². The van der Waals surface area contributed by atoms with Gasteiger partial charge in [-0.3, -0.25) is 37.6 Å². The summed E-state index contributed by atoms with van der Waals surface area (Å²) in [5.41, 5.74) is 11.8. The van der Waals surface area contributed by atoms with Crippen molar-refractivity contribution in [1.82, 2.24) is 35.5 Å². The normalized spacial score (nSPS) is 17.5. The molecule has 0 unspecified atom stereocenters. The number of amides is 5. The van der Waals surface area contributed by atoms with Gasteiger partial charge in [0.05, 0.1) is 26.2 Å². The van der Waals surface area contributed by atoms with Crippen LogP contribution in [0.4, 0.5) is 28.4 Å². The number of rotatable bonds is 33. The Hall–Kier alpha value is -12.4. The summed E-state index contributed by atoms with van der Waals surface area (Å²) < 4.78 is 177. The molecule has 0 bridgehead atoms. The topological polar surface area (TPSA) is 406 Å². The molecule has 1 saturated heterocycles. The number of allylic oxidation sites excluding steroid dienone is 6. The molecule has 6 heterocycles. The Morgan fingerprint density at radius 1 is 0.553 bits per heavy atom. The average Bonchev–Trinajstić information content (AvgIpc) is 1.45. The van der Waals surface area contributed by atoms with Crippen molar-refractivity contribution in [2.24, 2.45) is 11.8 Å². The zero-order valence-corrected chi connectivity index (χ0v) is 83.9. The summed E-state index contributed by atoms with van der Waals surface area (Å²) in [7, 11) is -23.0. The molecule has 34 heteroatoms. The predicted octanol–water partition coefficient (Wildman–Crippen LogP) is 15.4. The summed E-state index contributed by atoms with van der Waals surface area (Å²) in [5, 5.41) is 17.1. The zero-order chi connectivity index (χ0) is 100.0. The van der Waals surface area contributed by atoms with Crippen molar-refractivity contribution in [2.75, 3.05) is 75.0 Å². The van der Waals surface area contributed by atoms with Crippen LogP contribution in [-0.2, 0) is 99.5 Å². The molecule has 8 aliphatic rings. The predicted molar refractivity (Wildman–Crippen MR) is 545 cm³/mol. The number of sulfone groups is 1. The molecule has 6 aliphatic heterocycles. The van der Waals surface area contributed by atoms with E-state index in [9.17, 15) is 71.3 Å². The first kappa shape index (κ1) is 100. The van der Waals surface area contributed by atoms with Crippen LogP contribution in [0.3, 0.4) is 0 Å². The monoisotopic (exact) mass is 2010 g/mol. The van der Waals surface area contributed by atoms with Crippen LogP contribution in [0.2, 0.25) is 0 Å². The number of hydrogen-bond acceptors (Lipinski definition) is 18.